The number of nitrogens with two attached hydrogens (primary N) is 1. The van der Waals surface area contributed by atoms with Gasteiger partial charge in [-0.2, -0.15) is 0 Å². The average Bonchev–Trinajstić information content (AvgIpc) is 3.08. The molecule has 0 spiro atoms. The van der Waals surface area contributed by atoms with Crippen LogP contribution in [0.1, 0.15) is 50.2 Å². The normalized spacial score (nSPS) is 11.3. The molecule has 25 heavy (non-hydrogen) atoms. The third-order valence-electron chi connectivity index (χ3n) is 4.92. The van der Waals surface area contributed by atoms with Crippen molar-refractivity contribution in [2.75, 3.05) is 6.54 Å². The third-order valence-corrected chi connectivity index (χ3v) is 4.92. The SMILES string of the molecule is CCCCc1cc(CCCCCN)c2[nH]c(-c3ccccc3)cc2c1. The second-order valence-corrected chi connectivity index (χ2v) is 6.97. The first-order chi connectivity index (χ1) is 12.3. The van der Waals surface area contributed by atoms with Gasteiger partial charge in [-0.15, -0.1) is 0 Å². The molecular weight excluding hydrogens is 304 g/mol. The number of aryl methyl sites for hydroxylation is 2. The Balaban J connectivity index is 1.93. The predicted octanol–water partition coefficient (Wildman–Crippen LogP) is 5.85. The first-order valence-electron chi connectivity index (χ1n) is 9.72. The third kappa shape index (κ3) is 4.52. The van der Waals surface area contributed by atoms with Gasteiger partial charge >= 0.3 is 0 Å². The predicted molar refractivity (Wildman–Crippen MR) is 109 cm³/mol. The molecule has 0 radical (unpaired) electrons. The Labute approximate surface area is 151 Å². The molecule has 0 unspecified atom stereocenters. The van der Waals surface area contributed by atoms with Crippen LogP contribution in [0.15, 0.2) is 48.5 Å². The topological polar surface area (TPSA) is 41.8 Å². The molecule has 3 N–H and O–H groups in total. The number of fused-ring (bicyclic) bond motifs is 1. The zero-order valence-corrected chi connectivity index (χ0v) is 15.4. The van der Waals surface area contributed by atoms with Crippen LogP contribution >= 0.6 is 0 Å². The van der Waals surface area contributed by atoms with Crippen molar-refractivity contribution < 1.29 is 0 Å². The van der Waals surface area contributed by atoms with Gasteiger partial charge in [0.05, 0.1) is 0 Å². The fraction of sp³-hybridized carbons (Fsp3) is 0.391. The highest BCUT2D eigenvalue weighted by Crippen LogP contribution is 2.29. The highest BCUT2D eigenvalue weighted by atomic mass is 14.7. The van der Waals surface area contributed by atoms with E-state index in [1.165, 1.54) is 65.4 Å². The van der Waals surface area contributed by atoms with E-state index < -0.39 is 0 Å². The summed E-state index contributed by atoms with van der Waals surface area (Å²) in [7, 11) is 0. The fourth-order valence-corrected chi connectivity index (χ4v) is 3.52. The highest BCUT2D eigenvalue weighted by Gasteiger charge is 2.09. The van der Waals surface area contributed by atoms with E-state index in [4.69, 9.17) is 5.73 Å². The summed E-state index contributed by atoms with van der Waals surface area (Å²) < 4.78 is 0. The molecule has 132 valence electrons. The van der Waals surface area contributed by atoms with Crippen LogP contribution in [0.3, 0.4) is 0 Å². The van der Waals surface area contributed by atoms with E-state index in [0.717, 1.165) is 19.4 Å². The van der Waals surface area contributed by atoms with Gasteiger partial charge in [0.1, 0.15) is 0 Å². The second-order valence-electron chi connectivity index (χ2n) is 6.97. The van der Waals surface area contributed by atoms with Gasteiger partial charge in [-0.25, -0.2) is 0 Å². The monoisotopic (exact) mass is 334 g/mol. The van der Waals surface area contributed by atoms with Crippen LogP contribution in [0, 0.1) is 0 Å². The fourth-order valence-electron chi connectivity index (χ4n) is 3.52. The number of nitrogens with one attached hydrogen (secondary N) is 1. The molecule has 2 heteroatoms. The van der Waals surface area contributed by atoms with Gasteiger partial charge < -0.3 is 10.7 Å². The first-order valence-corrected chi connectivity index (χ1v) is 9.72. The van der Waals surface area contributed by atoms with Crippen molar-refractivity contribution in [1.82, 2.24) is 4.98 Å². The standard InChI is InChI=1S/C23H30N2/c1-2-3-10-18-15-20(13-8-5-9-14-24)23-21(16-18)17-22(25-23)19-11-6-4-7-12-19/h4,6-7,11-12,15-17,25H,2-3,5,8-10,13-14,24H2,1H3. The molecule has 0 bridgehead atoms. The minimum Gasteiger partial charge on any atom is -0.354 e. The number of benzene rings is 2. The van der Waals surface area contributed by atoms with E-state index in [9.17, 15) is 0 Å². The van der Waals surface area contributed by atoms with Crippen molar-refractivity contribution in [2.45, 2.75) is 51.9 Å². The van der Waals surface area contributed by atoms with Gasteiger partial charge in [0.2, 0.25) is 0 Å². The summed E-state index contributed by atoms with van der Waals surface area (Å²) in [5, 5.41) is 1.35. The van der Waals surface area contributed by atoms with Crippen molar-refractivity contribution in [2.24, 2.45) is 5.73 Å². The molecule has 0 saturated heterocycles. The van der Waals surface area contributed by atoms with Crippen molar-refractivity contribution >= 4 is 10.9 Å². The average molecular weight is 335 g/mol. The van der Waals surface area contributed by atoms with Crippen molar-refractivity contribution in [1.29, 1.82) is 0 Å². The number of aromatic amines is 1. The minimum absolute atomic E-state index is 0.798. The maximum absolute atomic E-state index is 5.64. The molecule has 3 rings (SSSR count). The van der Waals surface area contributed by atoms with Crippen LogP contribution in [-0.2, 0) is 12.8 Å². The molecule has 3 aromatic rings. The van der Waals surface area contributed by atoms with Gasteiger partial charge in [-0.1, -0.05) is 56.2 Å². The Morgan fingerprint density at radius 1 is 0.880 bits per heavy atom. The number of aromatic nitrogens is 1. The van der Waals surface area contributed by atoms with E-state index in [2.05, 4.69) is 60.4 Å². The summed E-state index contributed by atoms with van der Waals surface area (Å²) in [5.41, 5.74) is 12.4. The molecule has 1 aromatic heterocycles. The van der Waals surface area contributed by atoms with Crippen LogP contribution in [-0.4, -0.2) is 11.5 Å². The molecule has 2 nitrogen and oxygen atoms in total. The molecule has 0 atom stereocenters. The van der Waals surface area contributed by atoms with Crippen LogP contribution in [0.4, 0.5) is 0 Å². The molecule has 0 aliphatic heterocycles. The summed E-state index contributed by atoms with van der Waals surface area (Å²) >= 11 is 0. The number of hydrogen-bond acceptors (Lipinski definition) is 1. The maximum Gasteiger partial charge on any atom is 0.0491 e. The van der Waals surface area contributed by atoms with E-state index >= 15 is 0 Å². The summed E-state index contributed by atoms with van der Waals surface area (Å²) in [6.07, 6.45) is 8.35. The highest BCUT2D eigenvalue weighted by molar-refractivity contribution is 5.89. The Morgan fingerprint density at radius 3 is 2.48 bits per heavy atom. The molecule has 1 heterocycles. The molecule has 0 fully saturated rings. The maximum atomic E-state index is 5.64. The lowest BCUT2D eigenvalue weighted by Crippen LogP contribution is -1.98. The summed E-state index contributed by atoms with van der Waals surface area (Å²) in [4.78, 5) is 3.68. The summed E-state index contributed by atoms with van der Waals surface area (Å²) in [5.74, 6) is 0. The number of H-pyrrole nitrogens is 1. The molecule has 0 aliphatic rings. The van der Waals surface area contributed by atoms with E-state index in [0.29, 0.717) is 0 Å². The van der Waals surface area contributed by atoms with Gasteiger partial charge in [0.25, 0.3) is 0 Å². The summed E-state index contributed by atoms with van der Waals surface area (Å²) in [6.45, 7) is 3.06. The first kappa shape index (κ1) is 17.8. The lowest BCUT2D eigenvalue weighted by Gasteiger charge is -2.08. The zero-order valence-electron chi connectivity index (χ0n) is 15.4. The van der Waals surface area contributed by atoms with E-state index in [-0.39, 0.29) is 0 Å². The Morgan fingerprint density at radius 2 is 1.72 bits per heavy atom. The van der Waals surface area contributed by atoms with Gasteiger partial charge in [0, 0.05) is 16.6 Å². The largest absolute Gasteiger partial charge is 0.354 e. The quantitative estimate of drug-likeness (QED) is 0.474. The van der Waals surface area contributed by atoms with Gasteiger partial charge in [-0.3, -0.25) is 0 Å². The lowest BCUT2D eigenvalue weighted by atomic mass is 9.98. The molecular formula is C23H30N2. The van der Waals surface area contributed by atoms with Crippen LogP contribution in [0.5, 0.6) is 0 Å². The second kappa shape index (κ2) is 8.87. The van der Waals surface area contributed by atoms with E-state index in [1.54, 1.807) is 0 Å². The van der Waals surface area contributed by atoms with Crippen molar-refractivity contribution in [3.05, 3.63) is 59.7 Å². The minimum atomic E-state index is 0.798. The smallest absolute Gasteiger partial charge is 0.0491 e. The van der Waals surface area contributed by atoms with Crippen molar-refractivity contribution in [3.8, 4) is 11.3 Å². The molecule has 0 amide bonds. The molecule has 2 aromatic carbocycles. The number of unbranched alkanes of at least 4 members (excludes halogenated alkanes) is 3. The van der Waals surface area contributed by atoms with Gasteiger partial charge in [0.15, 0.2) is 0 Å². The number of rotatable bonds is 9. The van der Waals surface area contributed by atoms with Crippen molar-refractivity contribution in [3.63, 3.8) is 0 Å². The Kier molecular flexibility index (Phi) is 6.30. The number of hydrogen-bond donors (Lipinski definition) is 2. The summed E-state index contributed by atoms with van der Waals surface area (Å²) in [6, 6.07) is 17.7. The van der Waals surface area contributed by atoms with E-state index in [1.807, 2.05) is 0 Å². The van der Waals surface area contributed by atoms with Gasteiger partial charge in [-0.05, 0) is 67.5 Å². The Bertz CT molecular complexity index is 786. The van der Waals surface area contributed by atoms with Crippen LogP contribution < -0.4 is 5.73 Å². The Hall–Kier alpha value is -2.06. The molecule has 0 saturated carbocycles. The molecule has 0 aliphatic carbocycles. The van der Waals surface area contributed by atoms with Crippen LogP contribution in [0.25, 0.3) is 22.2 Å². The lowest BCUT2D eigenvalue weighted by molar-refractivity contribution is 0.687. The van der Waals surface area contributed by atoms with Crippen LogP contribution in [0.2, 0.25) is 0 Å². The zero-order chi connectivity index (χ0) is 17.5.